The standard InChI is InChI=1S/C27H22N4O4/c32-25(29-21-5-3-6-22(17-21)35-16-15-30-14-4-13-28-30)20-11-9-19(10-12-20)18-31-26(33)23-7-1-2-8-24(23)27(31)34/h1-14,17H,15-16,18H2,(H,29,32). The first-order valence-electron chi connectivity index (χ1n) is 11.1. The molecule has 0 atom stereocenters. The highest BCUT2D eigenvalue weighted by molar-refractivity contribution is 6.21. The normalized spacial score (nSPS) is 12.5. The number of amides is 3. The zero-order valence-electron chi connectivity index (χ0n) is 18.8. The van der Waals surface area contributed by atoms with E-state index in [4.69, 9.17) is 4.74 Å². The van der Waals surface area contributed by atoms with Gasteiger partial charge in [-0.05, 0) is 48.0 Å². The molecule has 0 aliphatic carbocycles. The van der Waals surface area contributed by atoms with Gasteiger partial charge in [-0.1, -0.05) is 30.3 Å². The lowest BCUT2D eigenvalue weighted by Crippen LogP contribution is -2.29. The van der Waals surface area contributed by atoms with Gasteiger partial charge in [0, 0.05) is 29.7 Å². The number of anilines is 1. The van der Waals surface area contributed by atoms with Crippen LogP contribution >= 0.6 is 0 Å². The van der Waals surface area contributed by atoms with Crippen LogP contribution in [-0.4, -0.2) is 39.0 Å². The van der Waals surface area contributed by atoms with Crippen molar-refractivity contribution in [3.8, 4) is 5.75 Å². The Balaban J connectivity index is 1.18. The van der Waals surface area contributed by atoms with Gasteiger partial charge >= 0.3 is 0 Å². The van der Waals surface area contributed by atoms with Crippen molar-refractivity contribution in [2.45, 2.75) is 13.1 Å². The lowest BCUT2D eigenvalue weighted by Gasteiger charge is -2.14. The van der Waals surface area contributed by atoms with Gasteiger partial charge < -0.3 is 10.1 Å². The Labute approximate surface area is 201 Å². The number of nitrogens with zero attached hydrogens (tertiary/aromatic N) is 3. The van der Waals surface area contributed by atoms with Gasteiger partial charge in [0.1, 0.15) is 12.4 Å². The number of imide groups is 1. The van der Waals surface area contributed by atoms with Gasteiger partial charge in [0.05, 0.1) is 24.2 Å². The molecule has 0 saturated heterocycles. The summed E-state index contributed by atoms with van der Waals surface area (Å²) in [7, 11) is 0. The molecule has 1 aliphatic rings. The zero-order chi connectivity index (χ0) is 24.2. The van der Waals surface area contributed by atoms with Crippen molar-refractivity contribution in [1.82, 2.24) is 14.7 Å². The van der Waals surface area contributed by atoms with Gasteiger partial charge in [0.2, 0.25) is 0 Å². The van der Waals surface area contributed by atoms with Crippen LogP contribution in [0.4, 0.5) is 5.69 Å². The van der Waals surface area contributed by atoms with E-state index in [1.165, 1.54) is 4.90 Å². The first-order chi connectivity index (χ1) is 17.1. The van der Waals surface area contributed by atoms with E-state index in [0.717, 1.165) is 5.56 Å². The van der Waals surface area contributed by atoms with E-state index >= 15 is 0 Å². The fourth-order valence-electron chi connectivity index (χ4n) is 3.88. The average Bonchev–Trinajstić information content (AvgIpc) is 3.48. The van der Waals surface area contributed by atoms with E-state index < -0.39 is 0 Å². The topological polar surface area (TPSA) is 93.5 Å². The van der Waals surface area contributed by atoms with Crippen LogP contribution in [0.2, 0.25) is 0 Å². The highest BCUT2D eigenvalue weighted by Crippen LogP contribution is 2.24. The van der Waals surface area contributed by atoms with Crippen LogP contribution in [0.1, 0.15) is 36.6 Å². The van der Waals surface area contributed by atoms with E-state index in [2.05, 4.69) is 10.4 Å². The van der Waals surface area contributed by atoms with E-state index in [1.54, 1.807) is 71.5 Å². The molecule has 0 fully saturated rings. The molecule has 3 aromatic carbocycles. The van der Waals surface area contributed by atoms with E-state index in [0.29, 0.717) is 41.3 Å². The van der Waals surface area contributed by atoms with Crippen LogP contribution in [-0.2, 0) is 13.1 Å². The number of ether oxygens (including phenoxy) is 1. The summed E-state index contributed by atoms with van der Waals surface area (Å²) in [6.07, 6.45) is 3.58. The van der Waals surface area contributed by atoms with E-state index in [1.807, 2.05) is 24.4 Å². The number of benzene rings is 3. The Morgan fingerprint density at radius 1 is 0.886 bits per heavy atom. The van der Waals surface area contributed by atoms with Crippen LogP contribution in [0.3, 0.4) is 0 Å². The van der Waals surface area contributed by atoms with E-state index in [-0.39, 0.29) is 24.3 Å². The van der Waals surface area contributed by atoms with Crippen molar-refractivity contribution in [2.24, 2.45) is 0 Å². The molecule has 5 rings (SSSR count). The number of hydrogen-bond donors (Lipinski definition) is 1. The smallest absolute Gasteiger partial charge is 0.261 e. The third kappa shape index (κ3) is 4.81. The maximum absolute atomic E-state index is 12.7. The number of carbonyl (C=O) groups excluding carboxylic acids is 3. The molecule has 35 heavy (non-hydrogen) atoms. The predicted molar refractivity (Wildman–Crippen MR) is 129 cm³/mol. The Hall–Kier alpha value is -4.72. The summed E-state index contributed by atoms with van der Waals surface area (Å²) in [5.74, 6) is -0.240. The Morgan fingerprint density at radius 2 is 1.63 bits per heavy atom. The van der Waals surface area contributed by atoms with Gasteiger partial charge in [-0.2, -0.15) is 5.10 Å². The third-order valence-corrected chi connectivity index (χ3v) is 5.68. The fraction of sp³-hybridized carbons (Fsp3) is 0.111. The second-order valence-corrected chi connectivity index (χ2v) is 8.04. The molecular formula is C27H22N4O4. The van der Waals surface area contributed by atoms with E-state index in [9.17, 15) is 14.4 Å². The number of carbonyl (C=O) groups is 3. The van der Waals surface area contributed by atoms with Crippen LogP contribution in [0.25, 0.3) is 0 Å². The monoisotopic (exact) mass is 466 g/mol. The number of nitrogens with one attached hydrogen (secondary N) is 1. The highest BCUT2D eigenvalue weighted by atomic mass is 16.5. The SMILES string of the molecule is O=C(Nc1cccc(OCCn2cccn2)c1)c1ccc(CN2C(=O)c3ccccc3C2=O)cc1. The van der Waals surface area contributed by atoms with Crippen molar-refractivity contribution in [2.75, 3.05) is 11.9 Å². The summed E-state index contributed by atoms with van der Waals surface area (Å²) < 4.78 is 7.54. The molecule has 2 heterocycles. The van der Waals surface area contributed by atoms with Crippen LogP contribution in [0, 0.1) is 0 Å². The van der Waals surface area contributed by atoms with Crippen LogP contribution in [0.5, 0.6) is 5.75 Å². The van der Waals surface area contributed by atoms with Crippen molar-refractivity contribution in [1.29, 1.82) is 0 Å². The van der Waals surface area contributed by atoms with Gasteiger partial charge in [-0.15, -0.1) is 0 Å². The number of rotatable bonds is 8. The minimum Gasteiger partial charge on any atom is -0.492 e. The molecule has 1 N–H and O–H groups in total. The summed E-state index contributed by atoms with van der Waals surface area (Å²) in [6, 6.07) is 22.7. The molecule has 0 spiro atoms. The molecule has 8 nitrogen and oxygen atoms in total. The van der Waals surface area contributed by atoms with Crippen molar-refractivity contribution >= 4 is 23.4 Å². The Kier molecular flexibility index (Phi) is 6.09. The maximum Gasteiger partial charge on any atom is 0.261 e. The maximum atomic E-state index is 12.7. The largest absolute Gasteiger partial charge is 0.492 e. The Bertz CT molecular complexity index is 1350. The Morgan fingerprint density at radius 3 is 2.31 bits per heavy atom. The number of fused-ring (bicyclic) bond motifs is 1. The molecule has 3 amide bonds. The molecule has 0 saturated carbocycles. The minimum absolute atomic E-state index is 0.145. The number of aromatic nitrogens is 2. The summed E-state index contributed by atoms with van der Waals surface area (Å²) in [6.45, 7) is 1.22. The van der Waals surface area contributed by atoms with Crippen molar-refractivity contribution in [3.05, 3.63) is 114 Å². The first-order valence-corrected chi connectivity index (χ1v) is 11.1. The highest BCUT2D eigenvalue weighted by Gasteiger charge is 2.34. The molecule has 0 bridgehead atoms. The van der Waals surface area contributed by atoms with Gasteiger partial charge in [-0.25, -0.2) is 0 Å². The zero-order valence-corrected chi connectivity index (χ0v) is 18.8. The van der Waals surface area contributed by atoms with Gasteiger partial charge in [-0.3, -0.25) is 24.0 Å². The molecule has 8 heteroatoms. The first kappa shape index (κ1) is 22.1. The fourth-order valence-corrected chi connectivity index (χ4v) is 3.88. The average molecular weight is 466 g/mol. The minimum atomic E-state index is -0.306. The third-order valence-electron chi connectivity index (χ3n) is 5.68. The van der Waals surface area contributed by atoms with Gasteiger partial charge in [0.15, 0.2) is 0 Å². The van der Waals surface area contributed by atoms with Crippen molar-refractivity contribution < 1.29 is 19.1 Å². The molecular weight excluding hydrogens is 444 g/mol. The lowest BCUT2D eigenvalue weighted by atomic mass is 10.1. The van der Waals surface area contributed by atoms with Crippen molar-refractivity contribution in [3.63, 3.8) is 0 Å². The molecule has 1 aliphatic heterocycles. The number of hydrogen-bond acceptors (Lipinski definition) is 5. The van der Waals surface area contributed by atoms with Crippen LogP contribution in [0.15, 0.2) is 91.3 Å². The molecule has 4 aromatic rings. The molecule has 1 aromatic heterocycles. The van der Waals surface area contributed by atoms with Gasteiger partial charge in [0.25, 0.3) is 17.7 Å². The molecule has 174 valence electrons. The lowest BCUT2D eigenvalue weighted by molar-refractivity contribution is 0.0642. The summed E-state index contributed by atoms with van der Waals surface area (Å²) in [5, 5.41) is 7.00. The quantitative estimate of drug-likeness (QED) is 0.396. The predicted octanol–water partition coefficient (Wildman–Crippen LogP) is 4.01. The summed E-state index contributed by atoms with van der Waals surface area (Å²) in [5.41, 5.74) is 2.66. The summed E-state index contributed by atoms with van der Waals surface area (Å²) >= 11 is 0. The molecule has 0 unspecified atom stereocenters. The molecule has 0 radical (unpaired) electrons. The second-order valence-electron chi connectivity index (χ2n) is 8.04. The second kappa shape index (κ2) is 9.64. The summed E-state index contributed by atoms with van der Waals surface area (Å²) in [4.78, 5) is 39.1. The van der Waals surface area contributed by atoms with Crippen LogP contribution < -0.4 is 10.1 Å².